The van der Waals surface area contributed by atoms with Gasteiger partial charge in [0.25, 0.3) is 0 Å². The first-order valence-corrected chi connectivity index (χ1v) is 11.0. The molecule has 112 valence electrons. The molecule has 3 nitrogen and oxygen atoms in total. The van der Waals surface area contributed by atoms with Gasteiger partial charge in [0.05, 0.1) is 4.83 Å². The Morgan fingerprint density at radius 3 is 2.63 bits per heavy atom. The maximum absolute atomic E-state index is 11.9. The van der Waals surface area contributed by atoms with Crippen molar-refractivity contribution in [2.75, 3.05) is 19.7 Å². The topological polar surface area (TPSA) is 29.5 Å². The normalized spacial score (nSPS) is 21.9. The summed E-state index contributed by atoms with van der Waals surface area (Å²) in [4.78, 5) is 13.9. The SMILES string of the molecule is CC(C)(C)[Si](C)(C)OCCCN1CCCC(Br)C1=O. The molecular weight excluding hydrogens is 322 g/mol. The van der Waals surface area contributed by atoms with Crippen LogP contribution in [0, 0.1) is 0 Å². The van der Waals surface area contributed by atoms with E-state index in [0.717, 1.165) is 39.0 Å². The van der Waals surface area contributed by atoms with Crippen LogP contribution in [0.2, 0.25) is 18.1 Å². The van der Waals surface area contributed by atoms with Crippen molar-refractivity contribution < 1.29 is 9.22 Å². The van der Waals surface area contributed by atoms with Crippen LogP contribution in [0.5, 0.6) is 0 Å². The van der Waals surface area contributed by atoms with Crippen molar-refractivity contribution in [1.82, 2.24) is 4.90 Å². The Morgan fingerprint density at radius 2 is 2.05 bits per heavy atom. The van der Waals surface area contributed by atoms with Crippen LogP contribution in [0.25, 0.3) is 0 Å². The number of carbonyl (C=O) groups excluding carboxylic acids is 1. The minimum atomic E-state index is -1.63. The number of piperidine rings is 1. The number of halogens is 1. The van der Waals surface area contributed by atoms with Crippen molar-refractivity contribution in [1.29, 1.82) is 0 Å². The highest BCUT2D eigenvalue weighted by atomic mass is 79.9. The molecule has 1 atom stereocenters. The molecule has 1 fully saturated rings. The zero-order chi connectivity index (χ0) is 14.7. The lowest BCUT2D eigenvalue weighted by Gasteiger charge is -2.36. The summed E-state index contributed by atoms with van der Waals surface area (Å²) < 4.78 is 6.14. The van der Waals surface area contributed by atoms with Crippen LogP contribution in [0.15, 0.2) is 0 Å². The van der Waals surface area contributed by atoms with E-state index in [4.69, 9.17) is 4.43 Å². The van der Waals surface area contributed by atoms with E-state index in [1.54, 1.807) is 0 Å². The molecule has 1 amide bonds. The Bertz CT molecular complexity index is 315. The minimum Gasteiger partial charge on any atom is -0.417 e. The van der Waals surface area contributed by atoms with E-state index in [1.807, 2.05) is 4.90 Å². The van der Waals surface area contributed by atoms with Gasteiger partial charge in [0.1, 0.15) is 0 Å². The van der Waals surface area contributed by atoms with Gasteiger partial charge in [-0.3, -0.25) is 4.79 Å². The van der Waals surface area contributed by atoms with E-state index in [9.17, 15) is 4.79 Å². The Labute approximate surface area is 127 Å². The van der Waals surface area contributed by atoms with Crippen molar-refractivity contribution in [2.45, 2.75) is 63.0 Å². The van der Waals surface area contributed by atoms with E-state index < -0.39 is 8.32 Å². The van der Waals surface area contributed by atoms with Gasteiger partial charge in [0.15, 0.2) is 8.32 Å². The maximum atomic E-state index is 11.9. The Hall–Kier alpha value is 0.127. The molecular formula is C14H28BrNO2Si. The van der Waals surface area contributed by atoms with E-state index >= 15 is 0 Å². The summed E-state index contributed by atoms with van der Waals surface area (Å²) in [6, 6.07) is 0. The van der Waals surface area contributed by atoms with Crippen molar-refractivity contribution in [3.8, 4) is 0 Å². The quantitative estimate of drug-likeness (QED) is 0.429. The summed E-state index contributed by atoms with van der Waals surface area (Å²) in [6.07, 6.45) is 3.01. The molecule has 1 aliphatic rings. The second-order valence-corrected chi connectivity index (χ2v) is 12.8. The lowest BCUT2D eigenvalue weighted by molar-refractivity contribution is -0.132. The Balaban J connectivity index is 2.30. The van der Waals surface area contributed by atoms with Crippen LogP contribution >= 0.6 is 15.9 Å². The van der Waals surface area contributed by atoms with Crippen molar-refractivity contribution >= 4 is 30.2 Å². The standard InChI is InChI=1S/C14H28BrNO2Si/c1-14(2,3)19(4,5)18-11-7-10-16-9-6-8-12(15)13(16)17/h12H,6-11H2,1-5H3. The lowest BCUT2D eigenvalue weighted by atomic mass is 10.1. The number of carbonyl (C=O) groups is 1. The predicted octanol–water partition coefficient (Wildman–Crippen LogP) is 3.78. The third-order valence-corrected chi connectivity index (χ3v) is 9.69. The summed E-state index contributed by atoms with van der Waals surface area (Å²) in [5.74, 6) is 0.249. The third kappa shape index (κ3) is 4.87. The summed E-state index contributed by atoms with van der Waals surface area (Å²) in [6.45, 7) is 13.8. The van der Waals surface area contributed by atoms with Crippen LogP contribution in [0.3, 0.4) is 0 Å². The van der Waals surface area contributed by atoms with Crippen LogP contribution in [0.1, 0.15) is 40.0 Å². The molecule has 1 rings (SSSR count). The first-order valence-electron chi connectivity index (χ1n) is 7.22. The predicted molar refractivity (Wildman–Crippen MR) is 86.3 cm³/mol. The summed E-state index contributed by atoms with van der Waals surface area (Å²) in [7, 11) is -1.63. The number of rotatable bonds is 5. The zero-order valence-electron chi connectivity index (χ0n) is 13.0. The van der Waals surface area contributed by atoms with E-state index in [2.05, 4.69) is 49.8 Å². The molecule has 0 bridgehead atoms. The number of likely N-dealkylation sites (tertiary alicyclic amines) is 1. The molecule has 0 spiro atoms. The van der Waals surface area contributed by atoms with Gasteiger partial charge >= 0.3 is 0 Å². The molecule has 0 saturated carbocycles. The summed E-state index contributed by atoms with van der Waals surface area (Å²) in [5.41, 5.74) is 0. The van der Waals surface area contributed by atoms with Gasteiger partial charge in [-0.2, -0.15) is 0 Å². The van der Waals surface area contributed by atoms with Crippen LogP contribution < -0.4 is 0 Å². The van der Waals surface area contributed by atoms with Gasteiger partial charge in [-0.1, -0.05) is 36.7 Å². The fourth-order valence-corrected chi connectivity index (χ4v) is 3.62. The van der Waals surface area contributed by atoms with Gasteiger partial charge in [-0.15, -0.1) is 0 Å². The molecule has 0 aliphatic carbocycles. The van der Waals surface area contributed by atoms with E-state index in [1.165, 1.54) is 0 Å². The monoisotopic (exact) mass is 349 g/mol. The van der Waals surface area contributed by atoms with E-state index in [0.29, 0.717) is 0 Å². The number of nitrogens with zero attached hydrogens (tertiary/aromatic N) is 1. The lowest BCUT2D eigenvalue weighted by Crippen LogP contribution is -2.43. The van der Waals surface area contributed by atoms with Crippen LogP contribution in [-0.4, -0.2) is 43.6 Å². The zero-order valence-corrected chi connectivity index (χ0v) is 15.5. The molecule has 0 N–H and O–H groups in total. The van der Waals surface area contributed by atoms with Gasteiger partial charge in [-0.25, -0.2) is 0 Å². The first-order chi connectivity index (χ1) is 8.65. The van der Waals surface area contributed by atoms with Gasteiger partial charge in [0, 0.05) is 19.7 Å². The highest BCUT2D eigenvalue weighted by Gasteiger charge is 2.37. The molecule has 0 aromatic rings. The molecule has 0 aromatic heterocycles. The molecule has 0 radical (unpaired) electrons. The largest absolute Gasteiger partial charge is 0.417 e. The Kier molecular flexibility index (Phi) is 6.08. The average molecular weight is 350 g/mol. The van der Waals surface area contributed by atoms with Gasteiger partial charge < -0.3 is 9.33 Å². The first kappa shape index (κ1) is 17.2. The van der Waals surface area contributed by atoms with E-state index in [-0.39, 0.29) is 15.8 Å². The van der Waals surface area contributed by atoms with Gasteiger partial charge in [-0.05, 0) is 37.4 Å². The summed E-state index contributed by atoms with van der Waals surface area (Å²) >= 11 is 3.45. The number of amides is 1. The highest BCUT2D eigenvalue weighted by Crippen LogP contribution is 2.36. The third-order valence-electron chi connectivity index (χ3n) is 4.31. The summed E-state index contributed by atoms with van der Waals surface area (Å²) in [5, 5.41) is 0.259. The molecule has 1 unspecified atom stereocenters. The fourth-order valence-electron chi connectivity index (χ4n) is 1.91. The van der Waals surface area contributed by atoms with Crippen LogP contribution in [-0.2, 0) is 9.22 Å². The Morgan fingerprint density at radius 1 is 1.42 bits per heavy atom. The van der Waals surface area contributed by atoms with Gasteiger partial charge in [0.2, 0.25) is 5.91 Å². The molecule has 0 aromatic carbocycles. The maximum Gasteiger partial charge on any atom is 0.236 e. The molecule has 1 heterocycles. The smallest absolute Gasteiger partial charge is 0.236 e. The van der Waals surface area contributed by atoms with Crippen molar-refractivity contribution in [3.05, 3.63) is 0 Å². The van der Waals surface area contributed by atoms with Crippen molar-refractivity contribution in [3.63, 3.8) is 0 Å². The van der Waals surface area contributed by atoms with Crippen molar-refractivity contribution in [2.24, 2.45) is 0 Å². The number of hydrogen-bond acceptors (Lipinski definition) is 2. The molecule has 19 heavy (non-hydrogen) atoms. The molecule has 1 saturated heterocycles. The minimum absolute atomic E-state index is 0.0301. The molecule has 1 aliphatic heterocycles. The number of hydrogen-bond donors (Lipinski definition) is 0. The average Bonchev–Trinajstić information content (AvgIpc) is 2.28. The van der Waals surface area contributed by atoms with Crippen LogP contribution in [0.4, 0.5) is 0 Å². The second kappa shape index (κ2) is 6.72. The fraction of sp³-hybridized carbons (Fsp3) is 0.929. The second-order valence-electron chi connectivity index (χ2n) is 6.90. The highest BCUT2D eigenvalue weighted by molar-refractivity contribution is 9.10. The molecule has 5 heteroatoms. The number of alkyl halides is 1.